The highest BCUT2D eigenvalue weighted by Crippen LogP contribution is 2.52. The Hall–Kier alpha value is -1.51. The highest BCUT2D eigenvalue weighted by Gasteiger charge is 2.47. The van der Waals surface area contributed by atoms with Crippen LogP contribution in [0.1, 0.15) is 24.8 Å². The van der Waals surface area contributed by atoms with E-state index in [0.29, 0.717) is 12.5 Å². The summed E-state index contributed by atoms with van der Waals surface area (Å²) in [5.41, 5.74) is 2.24. The normalized spacial score (nSPS) is 28.6. The molecule has 0 radical (unpaired) electrons. The van der Waals surface area contributed by atoms with Crippen LogP contribution in [0.5, 0.6) is 0 Å². The zero-order valence-electron chi connectivity index (χ0n) is 10.8. The number of likely N-dealkylation sites (N-methyl/N-ethyl adjacent to an activating group) is 1. The fourth-order valence-corrected chi connectivity index (χ4v) is 3.16. The summed E-state index contributed by atoms with van der Waals surface area (Å²) in [7, 11) is 1.68. The first kappa shape index (κ1) is 11.6. The van der Waals surface area contributed by atoms with Gasteiger partial charge in [0.1, 0.15) is 0 Å². The Bertz CT molecular complexity index is 458. The molecule has 2 aliphatic rings. The number of nitrogens with one attached hydrogen (secondary N) is 2. The molecule has 3 atom stereocenters. The summed E-state index contributed by atoms with van der Waals surface area (Å²) in [6, 6.07) is 8.79. The second kappa shape index (κ2) is 4.63. The lowest BCUT2D eigenvalue weighted by atomic mass is 10.1. The fraction of sp³-hybridized carbons (Fsp3) is 0.533. The van der Waals surface area contributed by atoms with Gasteiger partial charge in [-0.2, -0.15) is 0 Å². The van der Waals surface area contributed by atoms with Crippen molar-refractivity contribution in [2.24, 2.45) is 11.8 Å². The van der Waals surface area contributed by atoms with Crippen LogP contribution in [-0.2, 0) is 11.2 Å². The Labute approximate surface area is 108 Å². The van der Waals surface area contributed by atoms with Gasteiger partial charge in [0.25, 0.3) is 0 Å². The van der Waals surface area contributed by atoms with E-state index < -0.39 is 0 Å². The lowest BCUT2D eigenvalue weighted by Crippen LogP contribution is -2.23. The molecule has 0 aliphatic heterocycles. The molecule has 3 nitrogen and oxygen atoms in total. The molecule has 3 heteroatoms. The van der Waals surface area contributed by atoms with Crippen molar-refractivity contribution in [1.29, 1.82) is 0 Å². The van der Waals surface area contributed by atoms with E-state index in [1.807, 2.05) is 18.2 Å². The van der Waals surface area contributed by atoms with E-state index in [1.54, 1.807) is 7.05 Å². The highest BCUT2D eigenvalue weighted by molar-refractivity contribution is 5.80. The molecule has 0 saturated heterocycles. The Kier molecular flexibility index (Phi) is 2.98. The molecule has 3 rings (SSSR count). The SMILES string of the molecule is CNC(=O)Cc1ccccc1NC1CC[C@H]2C[C@@H]12. The molecule has 2 aliphatic carbocycles. The Morgan fingerprint density at radius 2 is 2.17 bits per heavy atom. The first-order valence-corrected chi connectivity index (χ1v) is 6.83. The van der Waals surface area contributed by atoms with Gasteiger partial charge in [-0.15, -0.1) is 0 Å². The van der Waals surface area contributed by atoms with Crippen LogP contribution in [0.3, 0.4) is 0 Å². The molecule has 0 bridgehead atoms. The van der Waals surface area contributed by atoms with Gasteiger partial charge in [0.15, 0.2) is 0 Å². The van der Waals surface area contributed by atoms with E-state index in [9.17, 15) is 4.79 Å². The van der Waals surface area contributed by atoms with Crippen LogP contribution in [0, 0.1) is 11.8 Å². The fourth-order valence-electron chi connectivity index (χ4n) is 3.16. The lowest BCUT2D eigenvalue weighted by Gasteiger charge is -2.18. The quantitative estimate of drug-likeness (QED) is 0.852. The number of para-hydroxylation sites is 1. The van der Waals surface area contributed by atoms with Crippen molar-refractivity contribution in [2.75, 3.05) is 12.4 Å². The van der Waals surface area contributed by atoms with Crippen molar-refractivity contribution in [3.05, 3.63) is 29.8 Å². The molecule has 2 fully saturated rings. The van der Waals surface area contributed by atoms with Crippen molar-refractivity contribution in [1.82, 2.24) is 5.32 Å². The Balaban J connectivity index is 1.72. The number of benzene rings is 1. The van der Waals surface area contributed by atoms with E-state index in [4.69, 9.17) is 0 Å². The molecule has 0 spiro atoms. The average molecular weight is 244 g/mol. The molecule has 1 aromatic rings. The van der Waals surface area contributed by atoms with Gasteiger partial charge in [0, 0.05) is 18.8 Å². The molecule has 2 saturated carbocycles. The number of hydrogen-bond acceptors (Lipinski definition) is 2. The van der Waals surface area contributed by atoms with Crippen LogP contribution < -0.4 is 10.6 Å². The van der Waals surface area contributed by atoms with E-state index >= 15 is 0 Å². The second-order valence-electron chi connectivity index (χ2n) is 5.49. The van der Waals surface area contributed by atoms with Crippen LogP contribution >= 0.6 is 0 Å². The predicted octanol–water partition coefficient (Wildman–Crippen LogP) is 2.19. The van der Waals surface area contributed by atoms with Gasteiger partial charge in [0.05, 0.1) is 6.42 Å². The van der Waals surface area contributed by atoms with Crippen molar-refractivity contribution in [3.8, 4) is 0 Å². The van der Waals surface area contributed by atoms with Gasteiger partial charge in [0.2, 0.25) is 5.91 Å². The molecule has 0 heterocycles. The average Bonchev–Trinajstić information content (AvgIpc) is 3.07. The number of carbonyl (C=O) groups excluding carboxylic acids is 1. The molecule has 96 valence electrons. The minimum atomic E-state index is 0.0694. The van der Waals surface area contributed by atoms with Gasteiger partial charge in [-0.25, -0.2) is 0 Å². The van der Waals surface area contributed by atoms with Crippen molar-refractivity contribution >= 4 is 11.6 Å². The first-order valence-electron chi connectivity index (χ1n) is 6.83. The van der Waals surface area contributed by atoms with Crippen molar-refractivity contribution < 1.29 is 4.79 Å². The minimum absolute atomic E-state index is 0.0694. The smallest absolute Gasteiger partial charge is 0.224 e. The molecular formula is C15H20N2O. The van der Waals surface area contributed by atoms with Crippen LogP contribution in [0.4, 0.5) is 5.69 Å². The summed E-state index contributed by atoms with van der Waals surface area (Å²) in [4.78, 5) is 11.5. The summed E-state index contributed by atoms with van der Waals surface area (Å²) < 4.78 is 0. The van der Waals surface area contributed by atoms with Crippen molar-refractivity contribution in [3.63, 3.8) is 0 Å². The third-order valence-corrected chi connectivity index (χ3v) is 4.33. The van der Waals surface area contributed by atoms with Crippen molar-refractivity contribution in [2.45, 2.75) is 31.7 Å². The van der Waals surface area contributed by atoms with E-state index in [-0.39, 0.29) is 5.91 Å². The summed E-state index contributed by atoms with van der Waals surface area (Å²) >= 11 is 0. The predicted molar refractivity (Wildman–Crippen MR) is 72.5 cm³/mol. The summed E-state index contributed by atoms with van der Waals surface area (Å²) in [6.45, 7) is 0. The maximum Gasteiger partial charge on any atom is 0.224 e. The lowest BCUT2D eigenvalue weighted by molar-refractivity contribution is -0.119. The summed E-state index contributed by atoms with van der Waals surface area (Å²) in [5, 5.41) is 6.33. The molecule has 1 unspecified atom stereocenters. The van der Waals surface area contributed by atoms with Crippen LogP contribution in [0.2, 0.25) is 0 Å². The molecule has 0 aromatic heterocycles. The standard InChI is InChI=1S/C15H20N2O/c1-16-15(18)9-11-4-2-3-5-13(11)17-14-7-6-10-8-12(10)14/h2-5,10,12,14,17H,6-9H2,1H3,(H,16,18)/t10-,12+,14?/m0/s1. The molecule has 18 heavy (non-hydrogen) atoms. The number of rotatable bonds is 4. The zero-order chi connectivity index (χ0) is 12.5. The van der Waals surface area contributed by atoms with Crippen LogP contribution in [0.25, 0.3) is 0 Å². The van der Waals surface area contributed by atoms with E-state index in [1.165, 1.54) is 19.3 Å². The summed E-state index contributed by atoms with van der Waals surface area (Å²) in [6.07, 6.45) is 4.51. The molecule has 1 aromatic carbocycles. The maximum atomic E-state index is 11.5. The number of fused-ring (bicyclic) bond motifs is 1. The highest BCUT2D eigenvalue weighted by atomic mass is 16.1. The number of hydrogen-bond donors (Lipinski definition) is 2. The monoisotopic (exact) mass is 244 g/mol. The first-order chi connectivity index (χ1) is 8.78. The molecule has 1 amide bonds. The zero-order valence-corrected chi connectivity index (χ0v) is 10.8. The van der Waals surface area contributed by atoms with E-state index in [2.05, 4.69) is 16.7 Å². The number of anilines is 1. The third-order valence-electron chi connectivity index (χ3n) is 4.33. The maximum absolute atomic E-state index is 11.5. The minimum Gasteiger partial charge on any atom is -0.382 e. The van der Waals surface area contributed by atoms with Gasteiger partial charge >= 0.3 is 0 Å². The second-order valence-corrected chi connectivity index (χ2v) is 5.49. The molecule has 2 N–H and O–H groups in total. The Morgan fingerprint density at radius 1 is 1.33 bits per heavy atom. The van der Waals surface area contributed by atoms with Gasteiger partial charge in [-0.3, -0.25) is 4.79 Å². The molecular weight excluding hydrogens is 224 g/mol. The van der Waals surface area contributed by atoms with E-state index in [0.717, 1.165) is 23.1 Å². The van der Waals surface area contributed by atoms with Crippen LogP contribution in [-0.4, -0.2) is 19.0 Å². The van der Waals surface area contributed by atoms with Gasteiger partial charge in [-0.05, 0) is 42.7 Å². The van der Waals surface area contributed by atoms with Gasteiger partial charge in [-0.1, -0.05) is 18.2 Å². The van der Waals surface area contributed by atoms with Gasteiger partial charge < -0.3 is 10.6 Å². The Morgan fingerprint density at radius 3 is 2.83 bits per heavy atom. The topological polar surface area (TPSA) is 41.1 Å². The largest absolute Gasteiger partial charge is 0.382 e. The number of carbonyl (C=O) groups is 1. The number of amides is 1. The summed E-state index contributed by atoms with van der Waals surface area (Å²) in [5.74, 6) is 1.94. The van der Waals surface area contributed by atoms with Crippen LogP contribution in [0.15, 0.2) is 24.3 Å². The third kappa shape index (κ3) is 2.22.